The van der Waals surface area contributed by atoms with E-state index in [4.69, 9.17) is 10.5 Å². The van der Waals surface area contributed by atoms with E-state index in [0.29, 0.717) is 12.5 Å². The Hall–Kier alpha value is -1.64. The predicted octanol–water partition coefficient (Wildman–Crippen LogP) is 3.51. The van der Waals surface area contributed by atoms with Crippen LogP contribution >= 0.6 is 0 Å². The van der Waals surface area contributed by atoms with Gasteiger partial charge in [0.2, 0.25) is 0 Å². The third-order valence-corrected chi connectivity index (χ3v) is 4.67. The van der Waals surface area contributed by atoms with Gasteiger partial charge in [-0.15, -0.1) is 0 Å². The van der Waals surface area contributed by atoms with Crippen molar-refractivity contribution >= 4 is 0 Å². The zero-order chi connectivity index (χ0) is 14.5. The van der Waals surface area contributed by atoms with Crippen LogP contribution in [0.15, 0.2) is 60.7 Å². The summed E-state index contributed by atoms with van der Waals surface area (Å²) in [6, 6.07) is 21.0. The van der Waals surface area contributed by atoms with Crippen molar-refractivity contribution in [3.8, 4) is 0 Å². The molecule has 1 aliphatic carbocycles. The minimum atomic E-state index is 0.206. The van der Waals surface area contributed by atoms with Gasteiger partial charge in [0.25, 0.3) is 0 Å². The monoisotopic (exact) mass is 281 g/mol. The molecule has 2 heteroatoms. The third kappa shape index (κ3) is 3.17. The Labute approximate surface area is 126 Å². The minimum absolute atomic E-state index is 0.206. The van der Waals surface area contributed by atoms with E-state index in [1.807, 2.05) is 6.07 Å². The highest BCUT2D eigenvalue weighted by atomic mass is 16.5. The molecule has 0 spiro atoms. The molecule has 1 saturated carbocycles. The highest BCUT2D eigenvalue weighted by Crippen LogP contribution is 2.55. The molecule has 0 radical (unpaired) electrons. The van der Waals surface area contributed by atoms with Crippen molar-refractivity contribution in [2.24, 2.45) is 11.7 Å². The Morgan fingerprint density at radius 3 is 2.33 bits per heavy atom. The third-order valence-electron chi connectivity index (χ3n) is 4.67. The first-order valence-corrected chi connectivity index (χ1v) is 7.72. The molecular weight excluding hydrogens is 258 g/mol. The van der Waals surface area contributed by atoms with Crippen molar-refractivity contribution < 1.29 is 4.74 Å². The van der Waals surface area contributed by atoms with Crippen molar-refractivity contribution in [2.75, 3.05) is 13.2 Å². The molecule has 1 aliphatic rings. The van der Waals surface area contributed by atoms with Crippen molar-refractivity contribution in [2.45, 2.75) is 24.9 Å². The molecule has 0 aromatic heterocycles. The van der Waals surface area contributed by atoms with Crippen molar-refractivity contribution in [3.63, 3.8) is 0 Å². The molecule has 0 heterocycles. The highest BCUT2D eigenvalue weighted by Gasteiger charge is 2.53. The van der Waals surface area contributed by atoms with E-state index in [-0.39, 0.29) is 5.41 Å². The van der Waals surface area contributed by atoms with Gasteiger partial charge in [0, 0.05) is 18.6 Å². The molecule has 2 aromatic rings. The van der Waals surface area contributed by atoms with Crippen LogP contribution in [0.5, 0.6) is 0 Å². The Morgan fingerprint density at radius 1 is 1.00 bits per heavy atom. The molecule has 2 aromatic carbocycles. The lowest BCUT2D eigenvalue weighted by Gasteiger charge is -2.15. The molecule has 110 valence electrons. The number of ether oxygens (including phenoxy) is 1. The van der Waals surface area contributed by atoms with Crippen LogP contribution in [0.1, 0.15) is 24.0 Å². The normalized spacial score (nSPS) is 24.0. The molecule has 2 N–H and O–H groups in total. The zero-order valence-electron chi connectivity index (χ0n) is 12.4. The predicted molar refractivity (Wildman–Crippen MR) is 86.0 cm³/mol. The van der Waals surface area contributed by atoms with Gasteiger partial charge in [-0.2, -0.15) is 0 Å². The quantitative estimate of drug-likeness (QED) is 0.788. The molecule has 1 fully saturated rings. The fourth-order valence-electron chi connectivity index (χ4n) is 3.24. The summed E-state index contributed by atoms with van der Waals surface area (Å²) in [6.07, 6.45) is 2.29. The van der Waals surface area contributed by atoms with Crippen molar-refractivity contribution in [1.82, 2.24) is 0 Å². The number of benzene rings is 2. The second-order valence-electron chi connectivity index (χ2n) is 5.95. The lowest BCUT2D eigenvalue weighted by atomic mass is 9.92. The van der Waals surface area contributed by atoms with Gasteiger partial charge in [-0.1, -0.05) is 60.7 Å². The van der Waals surface area contributed by atoms with Crippen molar-refractivity contribution in [3.05, 3.63) is 71.8 Å². The lowest BCUT2D eigenvalue weighted by molar-refractivity contribution is 0.113. The van der Waals surface area contributed by atoms with Crippen LogP contribution in [0.25, 0.3) is 0 Å². The van der Waals surface area contributed by atoms with Crippen LogP contribution in [-0.4, -0.2) is 13.2 Å². The molecule has 0 bridgehead atoms. The van der Waals surface area contributed by atoms with Gasteiger partial charge >= 0.3 is 0 Å². The summed E-state index contributed by atoms with van der Waals surface area (Å²) < 4.78 is 5.80. The maximum absolute atomic E-state index is 6.05. The Kier molecular flexibility index (Phi) is 4.37. The summed E-state index contributed by atoms with van der Waals surface area (Å²) in [7, 11) is 0. The molecule has 2 unspecified atom stereocenters. The average Bonchev–Trinajstić information content (AvgIpc) is 3.28. The molecule has 21 heavy (non-hydrogen) atoms. The van der Waals surface area contributed by atoms with Gasteiger partial charge in [-0.3, -0.25) is 0 Å². The second-order valence-corrected chi connectivity index (χ2v) is 5.95. The highest BCUT2D eigenvalue weighted by molar-refractivity contribution is 5.34. The number of nitrogens with two attached hydrogens (primary N) is 1. The topological polar surface area (TPSA) is 35.2 Å². The molecule has 3 rings (SSSR count). The van der Waals surface area contributed by atoms with Gasteiger partial charge in [0.1, 0.15) is 0 Å². The average molecular weight is 281 g/mol. The minimum Gasteiger partial charge on any atom is -0.377 e. The summed E-state index contributed by atoms with van der Waals surface area (Å²) in [6.45, 7) is 2.25. The largest absolute Gasteiger partial charge is 0.377 e. The molecule has 0 amide bonds. The van der Waals surface area contributed by atoms with Crippen LogP contribution in [0.4, 0.5) is 0 Å². The Balaban J connectivity index is 1.47. The van der Waals surface area contributed by atoms with Gasteiger partial charge in [0.05, 0.1) is 6.61 Å². The number of hydrogen-bond donors (Lipinski definition) is 1. The van der Waals surface area contributed by atoms with E-state index in [2.05, 4.69) is 54.6 Å². The number of hydrogen-bond acceptors (Lipinski definition) is 2. The second kappa shape index (κ2) is 6.42. The summed E-state index contributed by atoms with van der Waals surface area (Å²) in [5.74, 6) is 0.667. The van der Waals surface area contributed by atoms with Gasteiger partial charge in [0.15, 0.2) is 0 Å². The fourth-order valence-corrected chi connectivity index (χ4v) is 3.24. The Morgan fingerprint density at radius 2 is 1.67 bits per heavy atom. The van der Waals surface area contributed by atoms with Crippen LogP contribution < -0.4 is 5.73 Å². The van der Waals surface area contributed by atoms with Crippen LogP contribution in [0, 0.1) is 5.92 Å². The van der Waals surface area contributed by atoms with Crippen molar-refractivity contribution in [1.29, 1.82) is 0 Å². The molecular formula is C19H23NO. The van der Waals surface area contributed by atoms with E-state index >= 15 is 0 Å². The van der Waals surface area contributed by atoms with Gasteiger partial charge < -0.3 is 10.5 Å². The van der Waals surface area contributed by atoms with Crippen LogP contribution in [0.2, 0.25) is 0 Å². The smallest absolute Gasteiger partial charge is 0.0716 e. The molecule has 2 atom stereocenters. The standard InChI is InChI=1S/C19H23NO/c20-15-19(17-9-5-2-6-10-17)13-18(19)11-12-21-14-16-7-3-1-4-8-16/h1-10,18H,11-15,20H2. The SMILES string of the molecule is NCC1(c2ccccc2)CC1CCOCc1ccccc1. The van der Waals surface area contributed by atoms with Gasteiger partial charge in [-0.05, 0) is 29.9 Å². The summed E-state index contributed by atoms with van der Waals surface area (Å²) in [5, 5.41) is 0. The molecule has 2 nitrogen and oxygen atoms in total. The van der Waals surface area contributed by atoms with E-state index in [1.54, 1.807) is 0 Å². The Bertz CT molecular complexity index is 554. The lowest BCUT2D eigenvalue weighted by Crippen LogP contribution is -2.22. The van der Waals surface area contributed by atoms with E-state index in [0.717, 1.165) is 19.6 Å². The fraction of sp³-hybridized carbons (Fsp3) is 0.368. The van der Waals surface area contributed by atoms with E-state index < -0.39 is 0 Å². The van der Waals surface area contributed by atoms with Crippen LogP contribution in [0.3, 0.4) is 0 Å². The zero-order valence-corrected chi connectivity index (χ0v) is 12.4. The molecule has 0 aliphatic heterocycles. The first-order valence-electron chi connectivity index (χ1n) is 7.72. The van der Waals surface area contributed by atoms with E-state index in [1.165, 1.54) is 17.5 Å². The van der Waals surface area contributed by atoms with Crippen LogP contribution in [-0.2, 0) is 16.8 Å². The summed E-state index contributed by atoms with van der Waals surface area (Å²) >= 11 is 0. The summed E-state index contributed by atoms with van der Waals surface area (Å²) in [4.78, 5) is 0. The van der Waals surface area contributed by atoms with E-state index in [9.17, 15) is 0 Å². The first kappa shape index (κ1) is 14.3. The molecule has 0 saturated heterocycles. The summed E-state index contributed by atoms with van der Waals surface area (Å²) in [5.41, 5.74) is 8.88. The van der Waals surface area contributed by atoms with Gasteiger partial charge in [-0.25, -0.2) is 0 Å². The first-order chi connectivity index (χ1) is 10.3. The maximum Gasteiger partial charge on any atom is 0.0716 e. The maximum atomic E-state index is 6.05. The number of rotatable bonds is 7.